The number of rotatable bonds is 5. The van der Waals surface area contributed by atoms with E-state index in [1.54, 1.807) is 0 Å². The van der Waals surface area contributed by atoms with E-state index in [0.29, 0.717) is 24.1 Å². The molecule has 3 nitrogen and oxygen atoms in total. The van der Waals surface area contributed by atoms with Crippen molar-refractivity contribution >= 4 is 10.0 Å². The summed E-state index contributed by atoms with van der Waals surface area (Å²) >= 11 is 0. The molecule has 0 aromatic heterocycles. The van der Waals surface area contributed by atoms with Gasteiger partial charge in [0.2, 0.25) is 10.0 Å². The van der Waals surface area contributed by atoms with Crippen LogP contribution in [0, 0.1) is 11.8 Å². The van der Waals surface area contributed by atoms with Crippen molar-refractivity contribution in [2.75, 3.05) is 12.3 Å². The molecule has 0 amide bonds. The van der Waals surface area contributed by atoms with Crippen LogP contribution in [0.3, 0.4) is 0 Å². The predicted octanol–water partition coefficient (Wildman–Crippen LogP) is 2.14. The van der Waals surface area contributed by atoms with Crippen molar-refractivity contribution in [1.29, 1.82) is 0 Å². The highest BCUT2D eigenvalue weighted by atomic mass is 32.2. The lowest BCUT2D eigenvalue weighted by Crippen LogP contribution is -2.33. The van der Waals surface area contributed by atoms with Gasteiger partial charge in [0, 0.05) is 6.54 Å². The van der Waals surface area contributed by atoms with Crippen molar-refractivity contribution in [2.45, 2.75) is 46.0 Å². The van der Waals surface area contributed by atoms with Crippen molar-refractivity contribution in [3.8, 4) is 0 Å². The topological polar surface area (TPSA) is 46.2 Å². The lowest BCUT2D eigenvalue weighted by atomic mass is 9.91. The number of sulfonamides is 1. The number of hydrogen-bond donors (Lipinski definition) is 1. The molecular formula is C11H23NO2S. The maximum absolute atomic E-state index is 11.7. The van der Waals surface area contributed by atoms with E-state index in [4.69, 9.17) is 0 Å². The monoisotopic (exact) mass is 233 g/mol. The summed E-state index contributed by atoms with van der Waals surface area (Å²) in [6, 6.07) is 0. The maximum atomic E-state index is 11.7. The van der Waals surface area contributed by atoms with Gasteiger partial charge in [0.1, 0.15) is 0 Å². The van der Waals surface area contributed by atoms with E-state index in [-0.39, 0.29) is 0 Å². The summed E-state index contributed by atoms with van der Waals surface area (Å²) < 4.78 is 26.1. The molecule has 0 aromatic carbocycles. The lowest BCUT2D eigenvalue weighted by molar-refractivity contribution is 0.383. The summed E-state index contributed by atoms with van der Waals surface area (Å²) in [5, 5.41) is 0. The summed E-state index contributed by atoms with van der Waals surface area (Å²) in [6.07, 6.45) is 5.84. The van der Waals surface area contributed by atoms with Crippen LogP contribution in [0.25, 0.3) is 0 Å². The third-order valence-corrected chi connectivity index (χ3v) is 4.41. The second-order valence-electron chi connectivity index (χ2n) is 5.03. The minimum Gasteiger partial charge on any atom is -0.215 e. The molecule has 90 valence electrons. The molecule has 0 saturated heterocycles. The van der Waals surface area contributed by atoms with Gasteiger partial charge in [0.25, 0.3) is 0 Å². The van der Waals surface area contributed by atoms with Crippen LogP contribution in [0.1, 0.15) is 46.0 Å². The molecule has 1 aliphatic rings. The van der Waals surface area contributed by atoms with Gasteiger partial charge in [-0.25, -0.2) is 13.1 Å². The molecule has 0 aromatic rings. The molecule has 4 heteroatoms. The molecule has 1 rings (SSSR count). The molecular weight excluding hydrogens is 210 g/mol. The average molecular weight is 233 g/mol. The van der Waals surface area contributed by atoms with Crippen LogP contribution in [0.15, 0.2) is 0 Å². The Morgan fingerprint density at radius 2 is 1.80 bits per heavy atom. The maximum Gasteiger partial charge on any atom is 0.211 e. The fraction of sp³-hybridized carbons (Fsp3) is 1.00. The van der Waals surface area contributed by atoms with Gasteiger partial charge < -0.3 is 0 Å². The highest BCUT2D eigenvalue weighted by Crippen LogP contribution is 2.24. The number of nitrogens with one attached hydrogen (secondary N) is 1. The van der Waals surface area contributed by atoms with Crippen LogP contribution < -0.4 is 4.72 Å². The summed E-state index contributed by atoms with van der Waals surface area (Å²) in [5.74, 6) is 1.11. The lowest BCUT2D eigenvalue weighted by Gasteiger charge is -2.21. The second-order valence-corrected chi connectivity index (χ2v) is 6.88. The normalized spacial score (nSPS) is 19.7. The Kier molecular flexibility index (Phi) is 5.06. The van der Waals surface area contributed by atoms with Gasteiger partial charge in [0.15, 0.2) is 0 Å². The van der Waals surface area contributed by atoms with E-state index in [9.17, 15) is 8.42 Å². The molecule has 1 aliphatic carbocycles. The minimum atomic E-state index is -3.03. The fourth-order valence-electron chi connectivity index (χ4n) is 2.02. The third-order valence-electron chi connectivity index (χ3n) is 2.89. The van der Waals surface area contributed by atoms with Gasteiger partial charge >= 0.3 is 0 Å². The van der Waals surface area contributed by atoms with Crippen LogP contribution in [0.2, 0.25) is 0 Å². The third kappa shape index (κ3) is 5.52. The summed E-state index contributed by atoms with van der Waals surface area (Å²) in [5.41, 5.74) is 0. The first kappa shape index (κ1) is 13.0. The molecule has 15 heavy (non-hydrogen) atoms. The first-order valence-corrected chi connectivity index (χ1v) is 7.62. The smallest absolute Gasteiger partial charge is 0.211 e. The van der Waals surface area contributed by atoms with Crippen LogP contribution in [-0.2, 0) is 10.0 Å². The van der Waals surface area contributed by atoms with Gasteiger partial charge in [-0.2, -0.15) is 0 Å². The van der Waals surface area contributed by atoms with Crippen LogP contribution in [0.5, 0.6) is 0 Å². The largest absolute Gasteiger partial charge is 0.215 e. The van der Waals surface area contributed by atoms with Gasteiger partial charge in [-0.3, -0.25) is 0 Å². The molecule has 0 radical (unpaired) electrons. The average Bonchev–Trinajstić information content (AvgIpc) is 2.16. The SMILES string of the molecule is CC(C)CNS(=O)(=O)CC1CCCCC1. The molecule has 0 heterocycles. The number of hydrogen-bond acceptors (Lipinski definition) is 2. The summed E-state index contributed by atoms with van der Waals surface area (Å²) in [6.45, 7) is 4.60. The molecule has 0 aliphatic heterocycles. The molecule has 1 fully saturated rings. The molecule has 1 N–H and O–H groups in total. The van der Waals surface area contributed by atoms with Crippen LogP contribution in [-0.4, -0.2) is 20.7 Å². The first-order valence-electron chi connectivity index (χ1n) is 5.97. The van der Waals surface area contributed by atoms with Crippen LogP contribution in [0.4, 0.5) is 0 Å². The Bertz CT molecular complexity index is 266. The summed E-state index contributed by atoms with van der Waals surface area (Å²) in [4.78, 5) is 0. The van der Waals surface area contributed by atoms with E-state index >= 15 is 0 Å². The molecule has 0 atom stereocenters. The zero-order valence-electron chi connectivity index (χ0n) is 9.83. The van der Waals surface area contributed by atoms with Crippen molar-refractivity contribution in [1.82, 2.24) is 4.72 Å². The quantitative estimate of drug-likeness (QED) is 0.791. The summed E-state index contributed by atoms with van der Waals surface area (Å²) in [7, 11) is -3.03. The van der Waals surface area contributed by atoms with E-state index < -0.39 is 10.0 Å². The first-order chi connectivity index (χ1) is 6.99. The molecule has 0 unspecified atom stereocenters. The van der Waals surface area contributed by atoms with Gasteiger partial charge in [-0.1, -0.05) is 33.1 Å². The Hall–Kier alpha value is -0.0900. The Morgan fingerprint density at radius 1 is 1.20 bits per heavy atom. The van der Waals surface area contributed by atoms with Crippen molar-refractivity contribution in [3.05, 3.63) is 0 Å². The predicted molar refractivity (Wildman–Crippen MR) is 63.2 cm³/mol. The van der Waals surface area contributed by atoms with Crippen molar-refractivity contribution in [3.63, 3.8) is 0 Å². The molecule has 0 spiro atoms. The fourth-order valence-corrected chi connectivity index (χ4v) is 3.68. The zero-order chi connectivity index (χ0) is 11.3. The van der Waals surface area contributed by atoms with Gasteiger partial charge in [-0.15, -0.1) is 0 Å². The van der Waals surface area contributed by atoms with Crippen LogP contribution >= 0.6 is 0 Å². The van der Waals surface area contributed by atoms with E-state index in [1.165, 1.54) is 19.3 Å². The van der Waals surface area contributed by atoms with E-state index in [0.717, 1.165) is 12.8 Å². The highest BCUT2D eigenvalue weighted by molar-refractivity contribution is 7.89. The molecule has 1 saturated carbocycles. The zero-order valence-corrected chi connectivity index (χ0v) is 10.6. The van der Waals surface area contributed by atoms with Crippen molar-refractivity contribution < 1.29 is 8.42 Å². The second kappa shape index (κ2) is 5.85. The Balaban J connectivity index is 2.34. The highest BCUT2D eigenvalue weighted by Gasteiger charge is 2.20. The Morgan fingerprint density at radius 3 is 2.33 bits per heavy atom. The molecule has 0 bridgehead atoms. The van der Waals surface area contributed by atoms with E-state index in [2.05, 4.69) is 4.72 Å². The van der Waals surface area contributed by atoms with Gasteiger partial charge in [-0.05, 0) is 24.7 Å². The van der Waals surface area contributed by atoms with E-state index in [1.807, 2.05) is 13.8 Å². The minimum absolute atomic E-state index is 0.333. The van der Waals surface area contributed by atoms with Gasteiger partial charge in [0.05, 0.1) is 5.75 Å². The Labute approximate surface area is 93.7 Å². The standard InChI is InChI=1S/C11H23NO2S/c1-10(2)8-12-15(13,14)9-11-6-4-3-5-7-11/h10-12H,3-9H2,1-2H3. The van der Waals surface area contributed by atoms with Crippen molar-refractivity contribution in [2.24, 2.45) is 11.8 Å².